The highest BCUT2D eigenvalue weighted by Crippen LogP contribution is 2.43. The first-order valence-electron chi connectivity index (χ1n) is 7.46. The van der Waals surface area contributed by atoms with Crippen molar-refractivity contribution in [3.8, 4) is 0 Å². The highest BCUT2D eigenvalue weighted by molar-refractivity contribution is 8.05. The quantitative estimate of drug-likeness (QED) is 0.841. The molecular weight excluding hydrogens is 326 g/mol. The lowest BCUT2D eigenvalue weighted by molar-refractivity contribution is 0.0123. The second-order valence-electron chi connectivity index (χ2n) is 6.52. The summed E-state index contributed by atoms with van der Waals surface area (Å²) in [7, 11) is -3.54. The molecule has 122 valence electrons. The zero-order chi connectivity index (χ0) is 16.1. The molecule has 1 aliphatic heterocycles. The van der Waals surface area contributed by atoms with Crippen molar-refractivity contribution in [2.45, 2.75) is 63.9 Å². The first kappa shape index (κ1) is 15.8. The molecule has 0 amide bonds. The standard InChI is InChI=1S/C14H20ClN3O3S/c1-4-18-13(15)10(12(16-18)9-5-6-9)8-22(19,20)11-7-14(2,3)21-17-11/h9H,4-8H2,1-3H3. The van der Waals surface area contributed by atoms with Gasteiger partial charge in [-0.05, 0) is 33.6 Å². The minimum atomic E-state index is -3.54. The fraction of sp³-hybridized carbons (Fsp3) is 0.714. The lowest BCUT2D eigenvalue weighted by Crippen LogP contribution is -2.23. The molecule has 8 heteroatoms. The van der Waals surface area contributed by atoms with Gasteiger partial charge < -0.3 is 4.84 Å². The van der Waals surface area contributed by atoms with Crippen LogP contribution in [0.3, 0.4) is 0 Å². The Morgan fingerprint density at radius 2 is 2.09 bits per heavy atom. The van der Waals surface area contributed by atoms with E-state index >= 15 is 0 Å². The second-order valence-corrected chi connectivity index (χ2v) is 8.86. The number of hydrogen-bond acceptors (Lipinski definition) is 5. The van der Waals surface area contributed by atoms with E-state index in [0.29, 0.717) is 23.2 Å². The van der Waals surface area contributed by atoms with Crippen molar-refractivity contribution in [2.24, 2.45) is 5.16 Å². The van der Waals surface area contributed by atoms with Crippen LogP contribution < -0.4 is 0 Å². The molecule has 0 atom stereocenters. The Balaban J connectivity index is 1.91. The number of halogens is 1. The van der Waals surface area contributed by atoms with Crippen LogP contribution in [-0.4, -0.2) is 28.8 Å². The van der Waals surface area contributed by atoms with E-state index in [2.05, 4.69) is 10.3 Å². The number of oxime groups is 1. The number of aromatic nitrogens is 2. The van der Waals surface area contributed by atoms with E-state index in [1.165, 1.54) is 0 Å². The topological polar surface area (TPSA) is 73.5 Å². The molecule has 0 N–H and O–H groups in total. The van der Waals surface area contributed by atoms with Crippen molar-refractivity contribution in [3.63, 3.8) is 0 Å². The fourth-order valence-electron chi connectivity index (χ4n) is 2.57. The molecule has 1 aromatic heterocycles. The first-order valence-corrected chi connectivity index (χ1v) is 9.49. The largest absolute Gasteiger partial charge is 0.389 e. The zero-order valence-electron chi connectivity index (χ0n) is 13.0. The van der Waals surface area contributed by atoms with Crippen LogP contribution >= 0.6 is 11.6 Å². The normalized spacial score (nSPS) is 20.8. The van der Waals surface area contributed by atoms with E-state index in [0.717, 1.165) is 18.5 Å². The van der Waals surface area contributed by atoms with Gasteiger partial charge in [-0.25, -0.2) is 8.42 Å². The molecule has 2 heterocycles. The maximum atomic E-state index is 12.6. The van der Waals surface area contributed by atoms with Gasteiger partial charge in [-0.2, -0.15) is 5.10 Å². The summed E-state index contributed by atoms with van der Waals surface area (Å²) in [5, 5.41) is 8.76. The smallest absolute Gasteiger partial charge is 0.199 e. The van der Waals surface area contributed by atoms with E-state index in [1.807, 2.05) is 20.8 Å². The van der Waals surface area contributed by atoms with Gasteiger partial charge in [0.25, 0.3) is 0 Å². The highest BCUT2D eigenvalue weighted by atomic mass is 35.5. The maximum Gasteiger partial charge on any atom is 0.199 e. The second kappa shape index (κ2) is 5.23. The van der Waals surface area contributed by atoms with E-state index in [4.69, 9.17) is 16.4 Å². The first-order chi connectivity index (χ1) is 10.2. The van der Waals surface area contributed by atoms with Crippen LogP contribution in [0.25, 0.3) is 0 Å². The average Bonchev–Trinajstić information content (AvgIpc) is 3.14. The third-order valence-electron chi connectivity index (χ3n) is 3.94. The predicted molar refractivity (Wildman–Crippen MR) is 84.7 cm³/mol. The Morgan fingerprint density at radius 3 is 2.59 bits per heavy atom. The molecule has 0 bridgehead atoms. The monoisotopic (exact) mass is 345 g/mol. The Bertz CT molecular complexity index is 733. The van der Waals surface area contributed by atoms with Crippen molar-refractivity contribution in [1.29, 1.82) is 0 Å². The Labute approximate surface area is 135 Å². The molecular formula is C14H20ClN3O3S. The fourth-order valence-corrected chi connectivity index (χ4v) is 4.52. The van der Waals surface area contributed by atoms with Gasteiger partial charge in [0, 0.05) is 24.4 Å². The minimum absolute atomic E-state index is 0.0968. The van der Waals surface area contributed by atoms with Crippen molar-refractivity contribution < 1.29 is 13.3 Å². The van der Waals surface area contributed by atoms with Crippen LogP contribution in [0.2, 0.25) is 5.15 Å². The summed E-state index contributed by atoms with van der Waals surface area (Å²) >= 11 is 6.34. The third-order valence-corrected chi connectivity index (χ3v) is 5.97. The van der Waals surface area contributed by atoms with E-state index < -0.39 is 15.4 Å². The summed E-state index contributed by atoms with van der Waals surface area (Å²) in [5.41, 5.74) is 0.881. The Kier molecular flexibility index (Phi) is 3.76. The van der Waals surface area contributed by atoms with Crippen LogP contribution in [0.4, 0.5) is 0 Å². The summed E-state index contributed by atoms with van der Waals surface area (Å²) in [6.07, 6.45) is 2.37. The molecule has 1 aliphatic carbocycles. The molecule has 0 unspecified atom stereocenters. The Morgan fingerprint density at radius 1 is 1.41 bits per heavy atom. The molecule has 1 fully saturated rings. The van der Waals surface area contributed by atoms with Crippen LogP contribution in [0.1, 0.15) is 57.2 Å². The average molecular weight is 346 g/mol. The summed E-state index contributed by atoms with van der Waals surface area (Å²) in [6, 6.07) is 0. The molecule has 2 aliphatic rings. The van der Waals surface area contributed by atoms with Crippen LogP contribution in [0, 0.1) is 0 Å². The van der Waals surface area contributed by atoms with Gasteiger partial charge in [-0.1, -0.05) is 16.8 Å². The van der Waals surface area contributed by atoms with E-state index in [1.54, 1.807) is 4.68 Å². The van der Waals surface area contributed by atoms with Gasteiger partial charge in [0.05, 0.1) is 11.4 Å². The number of nitrogens with zero attached hydrogens (tertiary/aromatic N) is 3. The van der Waals surface area contributed by atoms with E-state index in [9.17, 15) is 8.42 Å². The predicted octanol–water partition coefficient (Wildman–Crippen LogP) is 2.86. The SMILES string of the molecule is CCn1nc(C2CC2)c(CS(=O)(=O)C2=NOC(C)(C)C2)c1Cl. The number of sulfone groups is 1. The number of hydrogen-bond donors (Lipinski definition) is 0. The zero-order valence-corrected chi connectivity index (χ0v) is 14.5. The molecule has 1 saturated carbocycles. The lowest BCUT2D eigenvalue weighted by atomic mass is 10.1. The van der Waals surface area contributed by atoms with Crippen molar-refractivity contribution >= 4 is 26.5 Å². The summed E-state index contributed by atoms with van der Waals surface area (Å²) in [6.45, 7) is 6.19. The van der Waals surface area contributed by atoms with E-state index in [-0.39, 0.29) is 17.2 Å². The van der Waals surface area contributed by atoms with Gasteiger partial charge in [-0.3, -0.25) is 4.68 Å². The minimum Gasteiger partial charge on any atom is -0.389 e. The summed E-state index contributed by atoms with van der Waals surface area (Å²) < 4.78 is 26.9. The molecule has 3 rings (SSSR count). The van der Waals surface area contributed by atoms with Crippen molar-refractivity contribution in [3.05, 3.63) is 16.4 Å². The van der Waals surface area contributed by atoms with Gasteiger partial charge in [-0.15, -0.1) is 0 Å². The van der Waals surface area contributed by atoms with Gasteiger partial charge in [0.1, 0.15) is 10.8 Å². The maximum absolute atomic E-state index is 12.6. The van der Waals surface area contributed by atoms with Gasteiger partial charge in [0.15, 0.2) is 14.9 Å². The molecule has 0 saturated heterocycles. The molecule has 1 aromatic rings. The summed E-state index contributed by atoms with van der Waals surface area (Å²) in [5.74, 6) is 0.185. The van der Waals surface area contributed by atoms with Gasteiger partial charge in [0.2, 0.25) is 0 Å². The highest BCUT2D eigenvalue weighted by Gasteiger charge is 2.38. The van der Waals surface area contributed by atoms with Crippen molar-refractivity contribution in [1.82, 2.24) is 9.78 Å². The van der Waals surface area contributed by atoms with Gasteiger partial charge >= 0.3 is 0 Å². The number of aryl methyl sites for hydroxylation is 1. The molecule has 0 aromatic carbocycles. The molecule has 0 radical (unpaired) electrons. The lowest BCUT2D eigenvalue weighted by Gasteiger charge is -2.13. The molecule has 0 spiro atoms. The van der Waals surface area contributed by atoms with Crippen LogP contribution in [0.5, 0.6) is 0 Å². The van der Waals surface area contributed by atoms with Crippen LogP contribution in [-0.2, 0) is 27.0 Å². The molecule has 6 nitrogen and oxygen atoms in total. The van der Waals surface area contributed by atoms with Crippen molar-refractivity contribution in [2.75, 3.05) is 0 Å². The summed E-state index contributed by atoms with van der Waals surface area (Å²) in [4.78, 5) is 5.18. The molecule has 22 heavy (non-hydrogen) atoms. The third kappa shape index (κ3) is 2.88. The number of rotatable bonds is 4. The van der Waals surface area contributed by atoms with Crippen LogP contribution in [0.15, 0.2) is 5.16 Å². The Hall–Kier alpha value is -1.08.